The average Bonchev–Trinajstić information content (AvgIpc) is 2.43. The molecular weight excluding hydrogens is 289 g/mol. The smallest absolute Gasteiger partial charge is 0.395 e. The van der Waals surface area contributed by atoms with Crippen molar-refractivity contribution < 1.29 is 27.9 Å². The number of aliphatic hydroxyl groups is 1. The molecular formula is C13H15F3N2O3. The molecule has 116 valence electrons. The molecule has 2 amide bonds. The van der Waals surface area contributed by atoms with Gasteiger partial charge < -0.3 is 15.3 Å². The molecule has 0 heterocycles. The van der Waals surface area contributed by atoms with Gasteiger partial charge in [-0.2, -0.15) is 13.2 Å². The van der Waals surface area contributed by atoms with Crippen LogP contribution in [0, 0.1) is 0 Å². The quantitative estimate of drug-likeness (QED) is 0.848. The second-order valence-electron chi connectivity index (χ2n) is 4.30. The van der Waals surface area contributed by atoms with Crippen molar-refractivity contribution in [2.45, 2.75) is 6.18 Å². The van der Waals surface area contributed by atoms with E-state index in [1.54, 1.807) is 0 Å². The van der Waals surface area contributed by atoms with Crippen molar-refractivity contribution in [1.82, 2.24) is 10.2 Å². The van der Waals surface area contributed by atoms with Crippen molar-refractivity contribution in [3.05, 3.63) is 35.4 Å². The Morgan fingerprint density at radius 1 is 1.24 bits per heavy atom. The first kappa shape index (κ1) is 17.0. The Labute approximate surface area is 119 Å². The zero-order valence-corrected chi connectivity index (χ0v) is 11.3. The summed E-state index contributed by atoms with van der Waals surface area (Å²) in [7, 11) is 1.46. The monoisotopic (exact) mass is 304 g/mol. The van der Waals surface area contributed by atoms with E-state index < -0.39 is 23.6 Å². The van der Waals surface area contributed by atoms with Crippen LogP contribution >= 0.6 is 0 Å². The van der Waals surface area contributed by atoms with E-state index in [-0.39, 0.29) is 25.3 Å². The van der Waals surface area contributed by atoms with Gasteiger partial charge in [-0.05, 0) is 24.3 Å². The summed E-state index contributed by atoms with van der Waals surface area (Å²) < 4.78 is 37.1. The fourth-order valence-corrected chi connectivity index (χ4v) is 1.48. The third kappa shape index (κ3) is 5.07. The predicted molar refractivity (Wildman–Crippen MR) is 68.5 cm³/mol. The molecule has 0 aliphatic heterocycles. The van der Waals surface area contributed by atoms with Crippen molar-refractivity contribution in [3.63, 3.8) is 0 Å². The minimum absolute atomic E-state index is 0.0283. The number of amides is 2. The summed E-state index contributed by atoms with van der Waals surface area (Å²) >= 11 is 0. The molecule has 0 atom stereocenters. The number of carbonyl (C=O) groups is 2. The molecule has 2 N–H and O–H groups in total. The van der Waals surface area contributed by atoms with Gasteiger partial charge in [0.05, 0.1) is 18.7 Å². The standard InChI is InChI=1S/C13H15F3N2O3/c1-18(6-7-19)11(20)8-17-12(21)9-2-4-10(5-3-9)13(14,15)16/h2-5,19H,6-8H2,1H3,(H,17,21). The first-order chi connectivity index (χ1) is 9.75. The Kier molecular flexibility index (Phi) is 5.71. The lowest BCUT2D eigenvalue weighted by Crippen LogP contribution is -2.39. The van der Waals surface area contributed by atoms with Gasteiger partial charge in [0, 0.05) is 19.2 Å². The number of rotatable bonds is 5. The Morgan fingerprint density at radius 2 is 1.81 bits per heavy atom. The van der Waals surface area contributed by atoms with Gasteiger partial charge >= 0.3 is 6.18 Å². The Balaban J connectivity index is 2.58. The normalized spacial score (nSPS) is 11.1. The molecule has 1 aromatic carbocycles. The predicted octanol–water partition coefficient (Wildman–Crippen LogP) is 0.886. The van der Waals surface area contributed by atoms with E-state index in [1.165, 1.54) is 11.9 Å². The van der Waals surface area contributed by atoms with Crippen LogP contribution in [0.2, 0.25) is 0 Å². The Hall–Kier alpha value is -2.09. The fourth-order valence-electron chi connectivity index (χ4n) is 1.48. The SMILES string of the molecule is CN(CCO)C(=O)CNC(=O)c1ccc(C(F)(F)F)cc1. The van der Waals surface area contributed by atoms with Gasteiger partial charge in [0.15, 0.2) is 0 Å². The number of alkyl halides is 3. The Morgan fingerprint density at radius 3 is 2.29 bits per heavy atom. The van der Waals surface area contributed by atoms with Crippen molar-refractivity contribution in [2.75, 3.05) is 26.7 Å². The van der Waals surface area contributed by atoms with E-state index in [2.05, 4.69) is 5.32 Å². The number of carbonyl (C=O) groups excluding carboxylic acids is 2. The maximum atomic E-state index is 12.4. The summed E-state index contributed by atoms with van der Waals surface area (Å²) in [5, 5.41) is 11.0. The second kappa shape index (κ2) is 7.07. The molecule has 0 fully saturated rings. The minimum atomic E-state index is -4.46. The molecule has 0 aromatic heterocycles. The second-order valence-corrected chi connectivity index (χ2v) is 4.30. The van der Waals surface area contributed by atoms with E-state index >= 15 is 0 Å². The highest BCUT2D eigenvalue weighted by Gasteiger charge is 2.30. The van der Waals surface area contributed by atoms with Crippen molar-refractivity contribution in [3.8, 4) is 0 Å². The highest BCUT2D eigenvalue weighted by atomic mass is 19.4. The van der Waals surface area contributed by atoms with Crippen molar-refractivity contribution in [1.29, 1.82) is 0 Å². The first-order valence-corrected chi connectivity index (χ1v) is 6.06. The summed E-state index contributed by atoms with van der Waals surface area (Å²) in [4.78, 5) is 24.4. The number of hydrogen-bond donors (Lipinski definition) is 2. The van der Waals surface area contributed by atoms with Crippen LogP contribution in [-0.4, -0.2) is 48.6 Å². The highest BCUT2D eigenvalue weighted by molar-refractivity contribution is 5.96. The largest absolute Gasteiger partial charge is 0.416 e. The van der Waals surface area contributed by atoms with Gasteiger partial charge in [0.1, 0.15) is 0 Å². The molecule has 21 heavy (non-hydrogen) atoms. The number of nitrogens with zero attached hydrogens (tertiary/aromatic N) is 1. The van der Waals surface area contributed by atoms with E-state index in [4.69, 9.17) is 5.11 Å². The van der Waals surface area contributed by atoms with Crippen LogP contribution in [0.1, 0.15) is 15.9 Å². The summed E-state index contributed by atoms with van der Waals surface area (Å²) in [6.45, 7) is -0.361. The van der Waals surface area contributed by atoms with Gasteiger partial charge in [-0.15, -0.1) is 0 Å². The third-order valence-corrected chi connectivity index (χ3v) is 2.74. The molecule has 0 saturated carbocycles. The maximum absolute atomic E-state index is 12.4. The first-order valence-electron chi connectivity index (χ1n) is 6.06. The maximum Gasteiger partial charge on any atom is 0.416 e. The van der Waals surface area contributed by atoms with Crippen molar-refractivity contribution in [2.24, 2.45) is 0 Å². The van der Waals surface area contributed by atoms with Crippen LogP contribution in [0.5, 0.6) is 0 Å². The molecule has 5 nitrogen and oxygen atoms in total. The number of halogens is 3. The van der Waals surface area contributed by atoms with Crippen molar-refractivity contribution >= 4 is 11.8 Å². The number of aliphatic hydroxyl groups excluding tert-OH is 1. The van der Waals surface area contributed by atoms with Crippen LogP contribution in [0.25, 0.3) is 0 Å². The lowest BCUT2D eigenvalue weighted by Gasteiger charge is -2.15. The molecule has 0 unspecified atom stereocenters. The zero-order valence-electron chi connectivity index (χ0n) is 11.3. The Bertz CT molecular complexity index is 500. The number of hydrogen-bond acceptors (Lipinski definition) is 3. The molecule has 0 spiro atoms. The minimum Gasteiger partial charge on any atom is -0.395 e. The van der Waals surface area contributed by atoms with E-state index in [1.807, 2.05) is 0 Å². The summed E-state index contributed by atoms with van der Waals surface area (Å²) in [6.07, 6.45) is -4.46. The molecule has 1 aromatic rings. The van der Waals surface area contributed by atoms with Gasteiger partial charge in [-0.3, -0.25) is 9.59 Å². The van der Waals surface area contributed by atoms with E-state index in [0.29, 0.717) is 0 Å². The van der Waals surface area contributed by atoms with Crippen LogP contribution < -0.4 is 5.32 Å². The lowest BCUT2D eigenvalue weighted by atomic mass is 10.1. The molecule has 0 bridgehead atoms. The molecule has 8 heteroatoms. The fraction of sp³-hybridized carbons (Fsp3) is 0.385. The molecule has 1 rings (SSSR count). The van der Waals surface area contributed by atoms with Crippen LogP contribution in [-0.2, 0) is 11.0 Å². The average molecular weight is 304 g/mol. The van der Waals surface area contributed by atoms with Gasteiger partial charge in [0.2, 0.25) is 5.91 Å². The number of nitrogens with one attached hydrogen (secondary N) is 1. The lowest BCUT2D eigenvalue weighted by molar-refractivity contribution is -0.137. The molecule has 0 saturated heterocycles. The zero-order chi connectivity index (χ0) is 16.0. The van der Waals surface area contributed by atoms with Crippen LogP contribution in [0.15, 0.2) is 24.3 Å². The number of likely N-dealkylation sites (N-methyl/N-ethyl adjacent to an activating group) is 1. The topological polar surface area (TPSA) is 69.6 Å². The third-order valence-electron chi connectivity index (χ3n) is 2.74. The van der Waals surface area contributed by atoms with Gasteiger partial charge in [-0.25, -0.2) is 0 Å². The van der Waals surface area contributed by atoms with Gasteiger partial charge in [0.25, 0.3) is 5.91 Å². The van der Waals surface area contributed by atoms with E-state index in [0.717, 1.165) is 24.3 Å². The van der Waals surface area contributed by atoms with Gasteiger partial charge in [-0.1, -0.05) is 0 Å². The molecule has 0 aliphatic rings. The van der Waals surface area contributed by atoms with E-state index in [9.17, 15) is 22.8 Å². The molecule has 0 aliphatic carbocycles. The molecule has 0 radical (unpaired) electrons. The summed E-state index contributed by atoms with van der Waals surface area (Å²) in [6, 6.07) is 3.68. The summed E-state index contributed by atoms with van der Waals surface area (Å²) in [5.74, 6) is -1.06. The summed E-state index contributed by atoms with van der Waals surface area (Å²) in [5.41, 5.74) is -0.821. The van der Waals surface area contributed by atoms with Crippen LogP contribution in [0.4, 0.5) is 13.2 Å². The number of benzene rings is 1. The highest BCUT2D eigenvalue weighted by Crippen LogP contribution is 2.28. The van der Waals surface area contributed by atoms with Crippen LogP contribution in [0.3, 0.4) is 0 Å².